The van der Waals surface area contributed by atoms with Crippen molar-refractivity contribution in [2.24, 2.45) is 5.41 Å². The molecule has 2 N–H and O–H groups in total. The fraction of sp³-hybridized carbons (Fsp3) is 0.500. The lowest BCUT2D eigenvalue weighted by molar-refractivity contribution is -0.124. The molecule has 0 saturated carbocycles. The summed E-state index contributed by atoms with van der Waals surface area (Å²) in [7, 11) is 0. The zero-order valence-electron chi connectivity index (χ0n) is 12.5. The van der Waals surface area contributed by atoms with Crippen molar-refractivity contribution in [3.8, 4) is 0 Å². The van der Waals surface area contributed by atoms with E-state index in [0.717, 1.165) is 55.0 Å². The lowest BCUT2D eigenvalue weighted by Crippen LogP contribution is -2.37. The minimum atomic E-state index is -0.284. The van der Waals surface area contributed by atoms with E-state index in [1.165, 1.54) is 0 Å². The van der Waals surface area contributed by atoms with Crippen LogP contribution in [-0.2, 0) is 11.2 Å². The van der Waals surface area contributed by atoms with E-state index in [9.17, 15) is 4.79 Å². The van der Waals surface area contributed by atoms with Gasteiger partial charge < -0.3 is 15.1 Å². The smallest absolute Gasteiger partial charge is 0.231 e. The molecule has 0 aliphatic carbocycles. The number of oxazole rings is 1. The van der Waals surface area contributed by atoms with Gasteiger partial charge in [-0.15, -0.1) is 0 Å². The minimum Gasteiger partial charge on any atom is -0.441 e. The van der Waals surface area contributed by atoms with Gasteiger partial charge in [0.15, 0.2) is 11.5 Å². The molecule has 0 spiro atoms. The zero-order chi connectivity index (χ0) is 14.9. The molecule has 1 fully saturated rings. The fourth-order valence-electron chi connectivity index (χ4n) is 2.87. The van der Waals surface area contributed by atoms with Gasteiger partial charge in [-0.05, 0) is 37.6 Å². The first-order chi connectivity index (χ1) is 10.2. The molecule has 112 valence electrons. The number of hydrogen-bond acceptors (Lipinski definition) is 4. The molecule has 1 aromatic carbocycles. The molecule has 0 radical (unpaired) electrons. The van der Waals surface area contributed by atoms with Gasteiger partial charge >= 0.3 is 0 Å². The van der Waals surface area contributed by atoms with Crippen LogP contribution in [0.15, 0.2) is 22.6 Å². The predicted molar refractivity (Wildman–Crippen MR) is 82.2 cm³/mol. The quantitative estimate of drug-likeness (QED) is 0.907. The Balaban J connectivity index is 1.82. The average molecular weight is 287 g/mol. The van der Waals surface area contributed by atoms with Crippen LogP contribution in [0.5, 0.6) is 0 Å². The maximum atomic E-state index is 12.6. The molecule has 1 unspecified atom stereocenters. The SMILES string of the molecule is CCc1nc2cc(NC(=O)C3(CC)CCNC3)ccc2o1. The third-order valence-corrected chi connectivity index (χ3v) is 4.39. The van der Waals surface area contributed by atoms with E-state index in [2.05, 4.69) is 22.5 Å². The van der Waals surface area contributed by atoms with Gasteiger partial charge in [0.05, 0.1) is 5.41 Å². The van der Waals surface area contributed by atoms with Crippen LogP contribution in [0.3, 0.4) is 0 Å². The zero-order valence-corrected chi connectivity index (χ0v) is 12.5. The predicted octanol–water partition coefficient (Wildman–Crippen LogP) is 2.72. The number of nitrogens with zero attached hydrogens (tertiary/aromatic N) is 1. The number of nitrogens with one attached hydrogen (secondary N) is 2. The van der Waals surface area contributed by atoms with E-state index >= 15 is 0 Å². The Bertz CT molecular complexity index is 657. The number of fused-ring (bicyclic) bond motifs is 1. The first-order valence-electron chi connectivity index (χ1n) is 7.58. The van der Waals surface area contributed by atoms with Gasteiger partial charge in [-0.3, -0.25) is 4.79 Å². The van der Waals surface area contributed by atoms with Crippen molar-refractivity contribution in [3.05, 3.63) is 24.1 Å². The van der Waals surface area contributed by atoms with Crippen LogP contribution in [0.4, 0.5) is 5.69 Å². The molecule has 1 aliphatic rings. The molecule has 3 rings (SSSR count). The van der Waals surface area contributed by atoms with E-state index in [-0.39, 0.29) is 11.3 Å². The second kappa shape index (κ2) is 5.48. The summed E-state index contributed by atoms with van der Waals surface area (Å²) < 4.78 is 5.58. The summed E-state index contributed by atoms with van der Waals surface area (Å²) in [6.45, 7) is 5.73. The van der Waals surface area contributed by atoms with Crippen LogP contribution in [0.25, 0.3) is 11.1 Å². The molecule has 1 amide bonds. The number of aryl methyl sites for hydroxylation is 1. The van der Waals surface area contributed by atoms with Crippen molar-refractivity contribution < 1.29 is 9.21 Å². The van der Waals surface area contributed by atoms with Crippen LogP contribution in [-0.4, -0.2) is 24.0 Å². The Kier molecular flexibility index (Phi) is 3.68. The van der Waals surface area contributed by atoms with E-state index in [0.29, 0.717) is 0 Å². The molecular formula is C16H21N3O2. The normalized spacial score (nSPS) is 21.8. The Hall–Kier alpha value is -1.88. The van der Waals surface area contributed by atoms with Crippen molar-refractivity contribution >= 4 is 22.7 Å². The maximum absolute atomic E-state index is 12.6. The largest absolute Gasteiger partial charge is 0.441 e. The van der Waals surface area contributed by atoms with Gasteiger partial charge in [0.1, 0.15) is 5.52 Å². The average Bonchev–Trinajstić information content (AvgIpc) is 3.13. The topological polar surface area (TPSA) is 67.2 Å². The molecule has 1 aliphatic heterocycles. The van der Waals surface area contributed by atoms with Crippen molar-refractivity contribution in [3.63, 3.8) is 0 Å². The molecule has 5 nitrogen and oxygen atoms in total. The Labute approximate surface area is 124 Å². The minimum absolute atomic E-state index is 0.0913. The van der Waals surface area contributed by atoms with E-state index in [1.54, 1.807) is 0 Å². The highest BCUT2D eigenvalue weighted by atomic mass is 16.3. The number of rotatable bonds is 4. The van der Waals surface area contributed by atoms with E-state index in [4.69, 9.17) is 4.42 Å². The fourth-order valence-corrected chi connectivity index (χ4v) is 2.87. The van der Waals surface area contributed by atoms with Crippen LogP contribution in [0.1, 0.15) is 32.6 Å². The second-order valence-electron chi connectivity index (χ2n) is 5.66. The molecule has 1 atom stereocenters. The second-order valence-corrected chi connectivity index (χ2v) is 5.66. The number of amides is 1. The van der Waals surface area contributed by atoms with Crippen LogP contribution in [0.2, 0.25) is 0 Å². The summed E-state index contributed by atoms with van der Waals surface area (Å²) in [6, 6.07) is 5.61. The molecule has 1 saturated heterocycles. The van der Waals surface area contributed by atoms with Crippen molar-refractivity contribution in [1.29, 1.82) is 0 Å². The van der Waals surface area contributed by atoms with Gasteiger partial charge in [0.2, 0.25) is 5.91 Å². The Morgan fingerprint density at radius 1 is 1.48 bits per heavy atom. The third kappa shape index (κ3) is 2.53. The number of benzene rings is 1. The highest BCUT2D eigenvalue weighted by molar-refractivity contribution is 5.97. The first-order valence-corrected chi connectivity index (χ1v) is 7.58. The van der Waals surface area contributed by atoms with Gasteiger partial charge in [-0.2, -0.15) is 0 Å². The van der Waals surface area contributed by atoms with E-state index in [1.807, 2.05) is 25.1 Å². The number of aromatic nitrogens is 1. The lowest BCUT2D eigenvalue weighted by Gasteiger charge is -2.25. The van der Waals surface area contributed by atoms with Gasteiger partial charge in [-0.25, -0.2) is 4.98 Å². The van der Waals surface area contributed by atoms with Gasteiger partial charge in [-0.1, -0.05) is 13.8 Å². The summed E-state index contributed by atoms with van der Waals surface area (Å²) in [5.74, 6) is 0.812. The number of carbonyl (C=O) groups is 1. The third-order valence-electron chi connectivity index (χ3n) is 4.39. The molecular weight excluding hydrogens is 266 g/mol. The molecule has 1 aromatic heterocycles. The van der Waals surface area contributed by atoms with Crippen molar-refractivity contribution in [2.75, 3.05) is 18.4 Å². The number of carbonyl (C=O) groups excluding carboxylic acids is 1. The maximum Gasteiger partial charge on any atom is 0.231 e. The summed E-state index contributed by atoms with van der Waals surface area (Å²) >= 11 is 0. The van der Waals surface area contributed by atoms with Gasteiger partial charge in [0, 0.05) is 18.7 Å². The molecule has 2 heterocycles. The molecule has 2 aromatic rings. The monoisotopic (exact) mass is 287 g/mol. The highest BCUT2D eigenvalue weighted by Crippen LogP contribution is 2.31. The van der Waals surface area contributed by atoms with Crippen LogP contribution >= 0.6 is 0 Å². The lowest BCUT2D eigenvalue weighted by atomic mass is 9.83. The van der Waals surface area contributed by atoms with Crippen molar-refractivity contribution in [1.82, 2.24) is 10.3 Å². The standard InChI is InChI=1S/C16H21N3O2/c1-3-14-19-12-9-11(5-6-13(12)21-14)18-15(20)16(4-2)7-8-17-10-16/h5-6,9,17H,3-4,7-8,10H2,1-2H3,(H,18,20). The van der Waals surface area contributed by atoms with Crippen LogP contribution < -0.4 is 10.6 Å². The van der Waals surface area contributed by atoms with Crippen LogP contribution in [0, 0.1) is 5.41 Å². The van der Waals surface area contributed by atoms with Crippen molar-refractivity contribution in [2.45, 2.75) is 33.1 Å². The summed E-state index contributed by atoms with van der Waals surface area (Å²) in [5.41, 5.74) is 2.05. The Morgan fingerprint density at radius 3 is 3.00 bits per heavy atom. The number of anilines is 1. The summed E-state index contributed by atoms with van der Waals surface area (Å²) in [4.78, 5) is 17.0. The molecule has 5 heteroatoms. The summed E-state index contributed by atoms with van der Waals surface area (Å²) in [6.07, 6.45) is 2.50. The van der Waals surface area contributed by atoms with Gasteiger partial charge in [0.25, 0.3) is 0 Å². The van der Waals surface area contributed by atoms with E-state index < -0.39 is 0 Å². The molecule has 21 heavy (non-hydrogen) atoms. The molecule has 0 bridgehead atoms. The highest BCUT2D eigenvalue weighted by Gasteiger charge is 2.39. The number of hydrogen-bond donors (Lipinski definition) is 2. The Morgan fingerprint density at radius 2 is 2.33 bits per heavy atom. The summed E-state index contributed by atoms with van der Waals surface area (Å²) in [5, 5.41) is 6.32. The first kappa shape index (κ1) is 14.1.